The maximum atomic E-state index is 5.99. The number of nitrogens with one attached hydrogen (secondary N) is 1. The minimum atomic E-state index is 0.185. The Morgan fingerprint density at radius 2 is 1.70 bits per heavy atom. The third kappa shape index (κ3) is 4.32. The van der Waals surface area contributed by atoms with E-state index in [0.29, 0.717) is 16.6 Å². The van der Waals surface area contributed by atoms with Crippen LogP contribution in [0.4, 0.5) is 5.69 Å². The summed E-state index contributed by atoms with van der Waals surface area (Å²) in [6, 6.07) is 13.5. The first-order valence-electron chi connectivity index (χ1n) is 6.49. The molecular formula is C16H17Cl2NO. The lowest BCUT2D eigenvalue weighted by Crippen LogP contribution is -2.05. The van der Waals surface area contributed by atoms with E-state index in [1.807, 2.05) is 50.2 Å². The Kier molecular flexibility index (Phi) is 5.16. The number of rotatable bonds is 5. The van der Waals surface area contributed by atoms with Gasteiger partial charge in [0.15, 0.2) is 0 Å². The Labute approximate surface area is 129 Å². The van der Waals surface area contributed by atoms with E-state index in [2.05, 4.69) is 5.32 Å². The Balaban J connectivity index is 1.95. The molecule has 0 atom stereocenters. The lowest BCUT2D eigenvalue weighted by atomic mass is 10.2. The number of benzene rings is 2. The van der Waals surface area contributed by atoms with Crippen molar-refractivity contribution in [3.63, 3.8) is 0 Å². The lowest BCUT2D eigenvalue weighted by Gasteiger charge is -2.11. The molecule has 0 radical (unpaired) electrons. The molecule has 0 aliphatic rings. The van der Waals surface area contributed by atoms with Crippen molar-refractivity contribution in [2.45, 2.75) is 26.5 Å². The molecule has 0 amide bonds. The molecule has 0 unspecified atom stereocenters. The van der Waals surface area contributed by atoms with E-state index in [0.717, 1.165) is 17.0 Å². The maximum absolute atomic E-state index is 5.99. The van der Waals surface area contributed by atoms with Gasteiger partial charge in [-0.05, 0) is 55.8 Å². The largest absolute Gasteiger partial charge is 0.491 e. The molecular weight excluding hydrogens is 293 g/mol. The van der Waals surface area contributed by atoms with E-state index >= 15 is 0 Å². The van der Waals surface area contributed by atoms with Gasteiger partial charge in [0, 0.05) is 12.2 Å². The van der Waals surface area contributed by atoms with Gasteiger partial charge in [0.1, 0.15) is 5.75 Å². The summed E-state index contributed by atoms with van der Waals surface area (Å²) >= 11 is 11.9. The van der Waals surface area contributed by atoms with Crippen LogP contribution in [-0.4, -0.2) is 6.10 Å². The number of ether oxygens (including phenoxy) is 1. The Hall–Kier alpha value is -1.38. The second-order valence-corrected chi connectivity index (χ2v) is 5.61. The highest BCUT2D eigenvalue weighted by Gasteiger charge is 2.01. The molecule has 2 nitrogen and oxygen atoms in total. The molecule has 2 aromatic rings. The molecule has 2 rings (SSSR count). The molecule has 4 heteroatoms. The van der Waals surface area contributed by atoms with Crippen molar-refractivity contribution in [3.8, 4) is 5.75 Å². The van der Waals surface area contributed by atoms with Crippen LogP contribution in [0.5, 0.6) is 5.75 Å². The van der Waals surface area contributed by atoms with Gasteiger partial charge < -0.3 is 10.1 Å². The van der Waals surface area contributed by atoms with Gasteiger partial charge in [-0.1, -0.05) is 29.3 Å². The summed E-state index contributed by atoms with van der Waals surface area (Å²) in [4.78, 5) is 0. The van der Waals surface area contributed by atoms with E-state index in [1.54, 1.807) is 6.07 Å². The van der Waals surface area contributed by atoms with Crippen molar-refractivity contribution in [2.75, 3.05) is 5.32 Å². The molecule has 1 N–H and O–H groups in total. The SMILES string of the molecule is CC(C)Oc1ccc(NCc2ccc(Cl)c(Cl)c2)cc1. The first-order valence-corrected chi connectivity index (χ1v) is 7.24. The van der Waals surface area contributed by atoms with Crippen LogP contribution in [0, 0.1) is 0 Å². The number of hydrogen-bond donors (Lipinski definition) is 1. The second kappa shape index (κ2) is 6.87. The van der Waals surface area contributed by atoms with Crippen LogP contribution < -0.4 is 10.1 Å². The van der Waals surface area contributed by atoms with Crippen LogP contribution in [0.1, 0.15) is 19.4 Å². The summed E-state index contributed by atoms with van der Waals surface area (Å²) in [7, 11) is 0. The fraction of sp³-hybridized carbons (Fsp3) is 0.250. The van der Waals surface area contributed by atoms with Crippen molar-refractivity contribution in [2.24, 2.45) is 0 Å². The summed E-state index contributed by atoms with van der Waals surface area (Å²) < 4.78 is 5.60. The van der Waals surface area contributed by atoms with E-state index in [-0.39, 0.29) is 6.10 Å². The topological polar surface area (TPSA) is 21.3 Å². The van der Waals surface area contributed by atoms with E-state index in [4.69, 9.17) is 27.9 Å². The zero-order valence-electron chi connectivity index (χ0n) is 11.5. The van der Waals surface area contributed by atoms with Gasteiger partial charge in [0.25, 0.3) is 0 Å². The van der Waals surface area contributed by atoms with E-state index in [9.17, 15) is 0 Å². The molecule has 0 heterocycles. The fourth-order valence-corrected chi connectivity index (χ4v) is 2.10. The highest BCUT2D eigenvalue weighted by molar-refractivity contribution is 6.42. The van der Waals surface area contributed by atoms with Crippen molar-refractivity contribution < 1.29 is 4.74 Å². The predicted molar refractivity (Wildman–Crippen MR) is 86.0 cm³/mol. The first kappa shape index (κ1) is 15.0. The van der Waals surface area contributed by atoms with Gasteiger partial charge in [-0.25, -0.2) is 0 Å². The van der Waals surface area contributed by atoms with E-state index in [1.165, 1.54) is 0 Å². The van der Waals surface area contributed by atoms with Crippen LogP contribution in [0.25, 0.3) is 0 Å². The third-order valence-electron chi connectivity index (χ3n) is 2.71. The maximum Gasteiger partial charge on any atom is 0.119 e. The van der Waals surface area contributed by atoms with Gasteiger partial charge in [0.05, 0.1) is 16.1 Å². The molecule has 2 aromatic carbocycles. The summed E-state index contributed by atoms with van der Waals surface area (Å²) in [6.07, 6.45) is 0.185. The smallest absolute Gasteiger partial charge is 0.119 e. The van der Waals surface area contributed by atoms with Crippen molar-refractivity contribution >= 4 is 28.9 Å². The minimum Gasteiger partial charge on any atom is -0.491 e. The Morgan fingerprint density at radius 3 is 2.30 bits per heavy atom. The molecule has 0 aliphatic carbocycles. The summed E-state index contributed by atoms with van der Waals surface area (Å²) in [5.74, 6) is 0.875. The zero-order chi connectivity index (χ0) is 14.5. The highest BCUT2D eigenvalue weighted by atomic mass is 35.5. The number of anilines is 1. The van der Waals surface area contributed by atoms with Crippen LogP contribution in [0.2, 0.25) is 10.0 Å². The highest BCUT2D eigenvalue weighted by Crippen LogP contribution is 2.23. The Morgan fingerprint density at radius 1 is 1.00 bits per heavy atom. The molecule has 20 heavy (non-hydrogen) atoms. The van der Waals surface area contributed by atoms with Gasteiger partial charge in [-0.2, -0.15) is 0 Å². The lowest BCUT2D eigenvalue weighted by molar-refractivity contribution is 0.242. The summed E-state index contributed by atoms with van der Waals surface area (Å²) in [5.41, 5.74) is 2.12. The molecule has 0 aromatic heterocycles. The quantitative estimate of drug-likeness (QED) is 0.799. The second-order valence-electron chi connectivity index (χ2n) is 4.79. The average molecular weight is 310 g/mol. The summed E-state index contributed by atoms with van der Waals surface area (Å²) in [5, 5.41) is 4.48. The molecule has 0 fully saturated rings. The predicted octanol–water partition coefficient (Wildman–Crippen LogP) is 5.39. The number of hydrogen-bond acceptors (Lipinski definition) is 2. The van der Waals surface area contributed by atoms with Gasteiger partial charge >= 0.3 is 0 Å². The van der Waals surface area contributed by atoms with Crippen LogP contribution in [-0.2, 0) is 6.54 Å². The van der Waals surface area contributed by atoms with Crippen LogP contribution >= 0.6 is 23.2 Å². The molecule has 0 spiro atoms. The molecule has 0 aliphatic heterocycles. The monoisotopic (exact) mass is 309 g/mol. The van der Waals surface area contributed by atoms with Gasteiger partial charge in [0.2, 0.25) is 0 Å². The zero-order valence-corrected chi connectivity index (χ0v) is 13.0. The van der Waals surface area contributed by atoms with Crippen LogP contribution in [0.3, 0.4) is 0 Å². The van der Waals surface area contributed by atoms with Crippen LogP contribution in [0.15, 0.2) is 42.5 Å². The molecule has 106 valence electrons. The van der Waals surface area contributed by atoms with E-state index < -0.39 is 0 Å². The van der Waals surface area contributed by atoms with Gasteiger partial charge in [-0.3, -0.25) is 0 Å². The molecule has 0 saturated heterocycles. The van der Waals surface area contributed by atoms with Crippen molar-refractivity contribution in [3.05, 3.63) is 58.1 Å². The molecule has 0 bridgehead atoms. The number of halogens is 2. The minimum absolute atomic E-state index is 0.185. The normalized spacial score (nSPS) is 10.7. The average Bonchev–Trinajstić information content (AvgIpc) is 2.41. The fourth-order valence-electron chi connectivity index (χ4n) is 1.78. The standard InChI is InChI=1S/C16H17Cl2NO/c1-11(2)20-14-6-4-13(5-7-14)19-10-12-3-8-15(17)16(18)9-12/h3-9,11,19H,10H2,1-2H3. The first-order chi connectivity index (χ1) is 9.54. The third-order valence-corrected chi connectivity index (χ3v) is 3.45. The van der Waals surface area contributed by atoms with Crippen molar-refractivity contribution in [1.82, 2.24) is 0 Å². The Bertz CT molecular complexity index is 567. The van der Waals surface area contributed by atoms with Crippen molar-refractivity contribution in [1.29, 1.82) is 0 Å². The summed E-state index contributed by atoms with van der Waals surface area (Å²) in [6.45, 7) is 4.72. The molecule has 0 saturated carbocycles. The van der Waals surface area contributed by atoms with Gasteiger partial charge in [-0.15, -0.1) is 0 Å².